The topological polar surface area (TPSA) is 81.5 Å². The van der Waals surface area contributed by atoms with E-state index >= 15 is 0 Å². The third kappa shape index (κ3) is 2.98. The van der Waals surface area contributed by atoms with Gasteiger partial charge in [-0.1, -0.05) is 0 Å². The molecule has 0 saturated carbocycles. The number of rotatable bonds is 4. The van der Waals surface area contributed by atoms with E-state index in [1.54, 1.807) is 38.3 Å². The predicted octanol–water partition coefficient (Wildman–Crippen LogP) is 2.28. The van der Waals surface area contributed by atoms with Gasteiger partial charge in [-0.2, -0.15) is 4.98 Å². The Kier molecular flexibility index (Phi) is 3.61. The molecule has 0 saturated heterocycles. The summed E-state index contributed by atoms with van der Waals surface area (Å²) >= 11 is 0. The minimum absolute atomic E-state index is 0.0187. The Hall–Kier alpha value is -2.63. The van der Waals surface area contributed by atoms with Crippen molar-refractivity contribution in [3.63, 3.8) is 0 Å². The van der Waals surface area contributed by atoms with Crippen molar-refractivity contribution in [1.29, 1.82) is 0 Å². The van der Waals surface area contributed by atoms with Gasteiger partial charge in [-0.15, -0.1) is 0 Å². The highest BCUT2D eigenvalue weighted by Gasteiger charge is 2.14. The highest BCUT2D eigenvalue weighted by molar-refractivity contribution is 5.89. The molecule has 0 unspecified atom stereocenters. The maximum atomic E-state index is 11.0. The fraction of sp³-hybridized carbons (Fsp3) is 0.154. The van der Waals surface area contributed by atoms with E-state index in [0.29, 0.717) is 17.3 Å². The molecule has 0 aliphatic heterocycles. The van der Waals surface area contributed by atoms with Crippen LogP contribution in [0.1, 0.15) is 16.2 Å². The second kappa shape index (κ2) is 5.34. The predicted molar refractivity (Wildman–Crippen MR) is 66.8 cm³/mol. The number of carbonyl (C=O) groups is 1. The quantitative estimate of drug-likeness (QED) is 0.908. The summed E-state index contributed by atoms with van der Waals surface area (Å²) in [5.74, 6) is 0.480. The Labute approximate surface area is 109 Å². The molecule has 1 N–H and O–H groups in total. The van der Waals surface area contributed by atoms with Crippen LogP contribution in [0.25, 0.3) is 0 Å². The zero-order valence-corrected chi connectivity index (χ0v) is 10.5. The normalized spacial score (nSPS) is 10.0. The van der Waals surface area contributed by atoms with Crippen LogP contribution in [-0.4, -0.2) is 28.2 Å². The Morgan fingerprint density at radius 1 is 1.21 bits per heavy atom. The number of nitrogens with zero attached hydrogens (tertiary/aromatic N) is 2. The summed E-state index contributed by atoms with van der Waals surface area (Å²) in [5.41, 5.74) is -0.0820. The van der Waals surface area contributed by atoms with Gasteiger partial charge in [0, 0.05) is 6.20 Å². The molecule has 2 rings (SSSR count). The average molecular weight is 260 g/mol. The Bertz CT molecular complexity index is 596. The molecule has 98 valence electrons. The fourth-order valence-electron chi connectivity index (χ4n) is 1.43. The highest BCUT2D eigenvalue weighted by atomic mass is 16.5. The number of aromatic carboxylic acids is 1. The number of hydrogen-bond acceptors (Lipinski definition) is 5. The summed E-state index contributed by atoms with van der Waals surface area (Å²) in [4.78, 5) is 18.9. The molecular weight excluding hydrogens is 248 g/mol. The van der Waals surface area contributed by atoms with E-state index in [0.717, 1.165) is 0 Å². The third-order valence-corrected chi connectivity index (χ3v) is 2.38. The lowest BCUT2D eigenvalue weighted by molar-refractivity contribution is 0.0693. The molecule has 19 heavy (non-hydrogen) atoms. The van der Waals surface area contributed by atoms with Gasteiger partial charge in [0.1, 0.15) is 22.9 Å². The Morgan fingerprint density at radius 2 is 1.84 bits per heavy atom. The summed E-state index contributed by atoms with van der Waals surface area (Å²) in [5, 5.41) is 9.04. The van der Waals surface area contributed by atoms with Crippen molar-refractivity contribution in [2.45, 2.75) is 6.92 Å². The van der Waals surface area contributed by atoms with E-state index < -0.39 is 5.97 Å². The molecule has 0 spiro atoms. The summed E-state index contributed by atoms with van der Waals surface area (Å²) in [6.45, 7) is 1.66. The zero-order valence-electron chi connectivity index (χ0n) is 10.5. The summed E-state index contributed by atoms with van der Waals surface area (Å²) < 4.78 is 10.5. The van der Waals surface area contributed by atoms with E-state index in [4.69, 9.17) is 14.6 Å². The summed E-state index contributed by atoms with van der Waals surface area (Å²) in [6.07, 6.45) is 1.23. The lowest BCUT2D eigenvalue weighted by atomic mass is 10.3. The molecule has 0 radical (unpaired) electrons. The van der Waals surface area contributed by atoms with E-state index in [1.807, 2.05) is 0 Å². The first-order valence-corrected chi connectivity index (χ1v) is 5.49. The van der Waals surface area contributed by atoms with E-state index in [9.17, 15) is 4.79 Å². The van der Waals surface area contributed by atoms with Crippen LogP contribution in [0.2, 0.25) is 0 Å². The van der Waals surface area contributed by atoms with Crippen molar-refractivity contribution in [3.8, 4) is 17.4 Å². The third-order valence-electron chi connectivity index (χ3n) is 2.38. The molecule has 1 heterocycles. The van der Waals surface area contributed by atoms with Crippen LogP contribution in [0.5, 0.6) is 17.4 Å². The van der Waals surface area contributed by atoms with Crippen LogP contribution in [0.3, 0.4) is 0 Å². The number of ether oxygens (including phenoxy) is 2. The van der Waals surface area contributed by atoms with Crippen LogP contribution in [0.15, 0.2) is 30.5 Å². The van der Waals surface area contributed by atoms with Crippen molar-refractivity contribution in [2.75, 3.05) is 7.11 Å². The molecule has 6 heteroatoms. The standard InChI is InChI=1S/C13H12N2O4/c1-8-14-7-11(13(16)17)12(15-8)19-10-5-3-9(18-2)4-6-10/h3-7H,1-2H3,(H,16,17). The van der Waals surface area contributed by atoms with Crippen molar-refractivity contribution in [2.24, 2.45) is 0 Å². The summed E-state index contributed by atoms with van der Waals surface area (Å²) in [7, 11) is 1.56. The molecule has 0 bridgehead atoms. The van der Waals surface area contributed by atoms with Crippen LogP contribution in [0.4, 0.5) is 0 Å². The molecule has 0 amide bonds. The summed E-state index contributed by atoms with van der Waals surface area (Å²) in [6, 6.07) is 6.76. The lowest BCUT2D eigenvalue weighted by Crippen LogP contribution is -2.04. The largest absolute Gasteiger partial charge is 0.497 e. The number of carboxylic acid groups (broad SMARTS) is 1. The van der Waals surface area contributed by atoms with E-state index in [1.165, 1.54) is 6.20 Å². The maximum Gasteiger partial charge on any atom is 0.342 e. The number of benzene rings is 1. The second-order valence-corrected chi connectivity index (χ2v) is 3.72. The van der Waals surface area contributed by atoms with Gasteiger partial charge in [0.15, 0.2) is 0 Å². The van der Waals surface area contributed by atoms with Gasteiger partial charge < -0.3 is 14.6 Å². The fourth-order valence-corrected chi connectivity index (χ4v) is 1.43. The first kappa shape index (κ1) is 12.8. The van der Waals surface area contributed by atoms with Gasteiger partial charge in [-0.05, 0) is 31.2 Å². The van der Waals surface area contributed by atoms with Crippen LogP contribution in [-0.2, 0) is 0 Å². The lowest BCUT2D eigenvalue weighted by Gasteiger charge is -2.08. The van der Waals surface area contributed by atoms with Gasteiger partial charge in [0.2, 0.25) is 5.88 Å². The van der Waals surface area contributed by atoms with Gasteiger partial charge in [0.05, 0.1) is 7.11 Å². The van der Waals surface area contributed by atoms with Gasteiger partial charge in [-0.25, -0.2) is 9.78 Å². The van der Waals surface area contributed by atoms with Crippen molar-refractivity contribution < 1.29 is 19.4 Å². The van der Waals surface area contributed by atoms with Crippen molar-refractivity contribution >= 4 is 5.97 Å². The number of hydrogen-bond donors (Lipinski definition) is 1. The molecule has 1 aromatic carbocycles. The second-order valence-electron chi connectivity index (χ2n) is 3.72. The molecule has 0 fully saturated rings. The monoisotopic (exact) mass is 260 g/mol. The van der Waals surface area contributed by atoms with Crippen LogP contribution in [0, 0.1) is 6.92 Å². The first-order chi connectivity index (χ1) is 9.10. The SMILES string of the molecule is COc1ccc(Oc2nc(C)ncc2C(=O)O)cc1. The number of methoxy groups -OCH3 is 1. The number of carboxylic acids is 1. The average Bonchev–Trinajstić information content (AvgIpc) is 2.39. The zero-order chi connectivity index (χ0) is 13.8. The smallest absolute Gasteiger partial charge is 0.342 e. The Balaban J connectivity index is 2.31. The minimum atomic E-state index is -1.14. The minimum Gasteiger partial charge on any atom is -0.497 e. The first-order valence-electron chi connectivity index (χ1n) is 5.49. The highest BCUT2D eigenvalue weighted by Crippen LogP contribution is 2.24. The van der Waals surface area contributed by atoms with Gasteiger partial charge in [-0.3, -0.25) is 0 Å². The maximum absolute atomic E-state index is 11.0. The van der Waals surface area contributed by atoms with Crippen LogP contribution >= 0.6 is 0 Å². The molecule has 6 nitrogen and oxygen atoms in total. The number of aromatic nitrogens is 2. The van der Waals surface area contributed by atoms with Crippen LogP contribution < -0.4 is 9.47 Å². The number of aryl methyl sites for hydroxylation is 1. The van der Waals surface area contributed by atoms with E-state index in [2.05, 4.69) is 9.97 Å². The van der Waals surface area contributed by atoms with Crippen molar-refractivity contribution in [3.05, 3.63) is 41.9 Å². The molecule has 1 aromatic heterocycles. The molecule has 0 atom stereocenters. The van der Waals surface area contributed by atoms with E-state index in [-0.39, 0.29) is 11.4 Å². The molecule has 0 aliphatic carbocycles. The molecular formula is C13H12N2O4. The molecule has 2 aromatic rings. The van der Waals surface area contributed by atoms with Gasteiger partial charge in [0.25, 0.3) is 0 Å². The van der Waals surface area contributed by atoms with Gasteiger partial charge >= 0.3 is 5.97 Å². The molecule has 0 aliphatic rings. The van der Waals surface area contributed by atoms with Crippen molar-refractivity contribution in [1.82, 2.24) is 9.97 Å². The Morgan fingerprint density at radius 3 is 2.42 bits per heavy atom.